The minimum absolute atomic E-state index is 0.000653. The van der Waals surface area contributed by atoms with Gasteiger partial charge in [-0.1, -0.05) is 47.6 Å². The zero-order valence-electron chi connectivity index (χ0n) is 14.7. The fourth-order valence-electron chi connectivity index (χ4n) is 2.64. The fourth-order valence-corrected chi connectivity index (χ4v) is 2.64. The van der Waals surface area contributed by atoms with Crippen molar-refractivity contribution >= 4 is 17.7 Å². The van der Waals surface area contributed by atoms with Crippen molar-refractivity contribution in [1.82, 2.24) is 10.5 Å². The lowest BCUT2D eigenvalue weighted by atomic mass is 10.0. The summed E-state index contributed by atoms with van der Waals surface area (Å²) in [6.07, 6.45) is -3.10. The number of aromatic nitrogens is 1. The van der Waals surface area contributed by atoms with Gasteiger partial charge in [0.2, 0.25) is 0 Å². The summed E-state index contributed by atoms with van der Waals surface area (Å²) in [5, 5.41) is 6.27. The molecule has 1 heterocycles. The molecule has 3 aromatic rings. The predicted molar refractivity (Wildman–Crippen MR) is 98.8 cm³/mol. The highest BCUT2D eigenvalue weighted by Gasteiger charge is 2.31. The molecule has 0 aliphatic heterocycles. The van der Waals surface area contributed by atoms with Crippen molar-refractivity contribution in [3.63, 3.8) is 0 Å². The third-order valence-corrected chi connectivity index (χ3v) is 4.03. The lowest BCUT2D eigenvalue weighted by Gasteiger charge is -2.08. The number of rotatable bonds is 4. The summed E-state index contributed by atoms with van der Waals surface area (Å²) in [6.45, 7) is 0. The number of amides is 1. The van der Waals surface area contributed by atoms with Crippen LogP contribution >= 0.6 is 0 Å². The van der Waals surface area contributed by atoms with Crippen molar-refractivity contribution < 1.29 is 22.5 Å². The SMILES string of the molecule is CNC(=O)c1c(-c2cccc(C(F)(F)F)c2)noc1/C=C(\N)c1ccccc1. The van der Waals surface area contributed by atoms with Gasteiger partial charge in [-0.3, -0.25) is 4.79 Å². The van der Waals surface area contributed by atoms with E-state index in [1.807, 2.05) is 6.07 Å². The molecule has 144 valence electrons. The molecule has 0 fully saturated rings. The summed E-state index contributed by atoms with van der Waals surface area (Å²) >= 11 is 0. The molecule has 0 spiro atoms. The van der Waals surface area contributed by atoms with Gasteiger partial charge in [-0.25, -0.2) is 0 Å². The molecule has 28 heavy (non-hydrogen) atoms. The number of halogens is 3. The van der Waals surface area contributed by atoms with Gasteiger partial charge in [0.15, 0.2) is 5.76 Å². The van der Waals surface area contributed by atoms with Crippen LogP contribution in [0.25, 0.3) is 23.0 Å². The molecule has 3 rings (SSSR count). The predicted octanol–water partition coefficient (Wildman–Crippen LogP) is 4.18. The van der Waals surface area contributed by atoms with Gasteiger partial charge in [0.05, 0.1) is 5.56 Å². The Morgan fingerprint density at radius 1 is 1.14 bits per heavy atom. The van der Waals surface area contributed by atoms with Crippen LogP contribution < -0.4 is 11.1 Å². The highest BCUT2D eigenvalue weighted by Crippen LogP contribution is 2.34. The van der Waals surface area contributed by atoms with Gasteiger partial charge >= 0.3 is 6.18 Å². The molecule has 0 aliphatic rings. The zero-order chi connectivity index (χ0) is 20.3. The van der Waals surface area contributed by atoms with E-state index in [1.54, 1.807) is 24.3 Å². The van der Waals surface area contributed by atoms with Crippen molar-refractivity contribution in [2.45, 2.75) is 6.18 Å². The average molecular weight is 387 g/mol. The number of carbonyl (C=O) groups is 1. The first kappa shape index (κ1) is 19.2. The lowest BCUT2D eigenvalue weighted by molar-refractivity contribution is -0.137. The number of nitrogens with two attached hydrogens (primary N) is 1. The van der Waals surface area contributed by atoms with Crippen LogP contribution in [0.5, 0.6) is 0 Å². The molecule has 0 radical (unpaired) electrons. The molecule has 0 bridgehead atoms. The van der Waals surface area contributed by atoms with E-state index < -0.39 is 17.6 Å². The van der Waals surface area contributed by atoms with E-state index in [4.69, 9.17) is 10.3 Å². The summed E-state index contributed by atoms with van der Waals surface area (Å²) in [7, 11) is 1.40. The summed E-state index contributed by atoms with van der Waals surface area (Å²) < 4.78 is 44.3. The monoisotopic (exact) mass is 387 g/mol. The minimum Gasteiger partial charge on any atom is -0.398 e. The Balaban J connectivity index is 2.11. The van der Waals surface area contributed by atoms with Crippen LogP contribution in [0.2, 0.25) is 0 Å². The second kappa shape index (κ2) is 7.59. The summed E-state index contributed by atoms with van der Waals surface area (Å²) in [6, 6.07) is 13.5. The average Bonchev–Trinajstić information content (AvgIpc) is 3.11. The van der Waals surface area contributed by atoms with Crippen molar-refractivity contribution in [3.05, 3.63) is 77.0 Å². The normalized spacial score (nSPS) is 12.1. The molecule has 0 aliphatic carbocycles. The van der Waals surface area contributed by atoms with Gasteiger partial charge in [0.1, 0.15) is 11.3 Å². The quantitative estimate of drug-likeness (QED) is 0.704. The largest absolute Gasteiger partial charge is 0.416 e. The molecule has 0 saturated heterocycles. The third kappa shape index (κ3) is 3.90. The number of hydrogen-bond donors (Lipinski definition) is 2. The fraction of sp³-hybridized carbons (Fsp3) is 0.100. The Kier molecular flexibility index (Phi) is 5.21. The number of alkyl halides is 3. The van der Waals surface area contributed by atoms with Crippen molar-refractivity contribution in [2.75, 3.05) is 7.05 Å². The van der Waals surface area contributed by atoms with Gasteiger partial charge in [-0.15, -0.1) is 0 Å². The van der Waals surface area contributed by atoms with E-state index in [9.17, 15) is 18.0 Å². The van der Waals surface area contributed by atoms with Crippen LogP contribution in [0.1, 0.15) is 27.2 Å². The minimum atomic E-state index is -4.52. The van der Waals surface area contributed by atoms with E-state index in [0.717, 1.165) is 12.1 Å². The maximum atomic E-state index is 13.0. The Bertz CT molecular complexity index is 1020. The Hall–Kier alpha value is -3.55. The van der Waals surface area contributed by atoms with Crippen LogP contribution in [0, 0.1) is 0 Å². The van der Waals surface area contributed by atoms with Crippen molar-refractivity contribution in [3.8, 4) is 11.3 Å². The Morgan fingerprint density at radius 3 is 2.50 bits per heavy atom. The van der Waals surface area contributed by atoms with Crippen LogP contribution in [0.3, 0.4) is 0 Å². The molecule has 5 nitrogen and oxygen atoms in total. The van der Waals surface area contributed by atoms with E-state index >= 15 is 0 Å². The van der Waals surface area contributed by atoms with Gasteiger partial charge in [0.25, 0.3) is 5.91 Å². The molecule has 3 N–H and O–H groups in total. The molecule has 0 atom stereocenters. The summed E-state index contributed by atoms with van der Waals surface area (Å²) in [4.78, 5) is 12.4. The first-order chi connectivity index (χ1) is 13.3. The zero-order valence-corrected chi connectivity index (χ0v) is 14.7. The molecule has 2 aromatic carbocycles. The highest BCUT2D eigenvalue weighted by atomic mass is 19.4. The van der Waals surface area contributed by atoms with E-state index in [0.29, 0.717) is 11.3 Å². The number of hydrogen-bond acceptors (Lipinski definition) is 4. The van der Waals surface area contributed by atoms with Crippen LogP contribution in [-0.4, -0.2) is 18.1 Å². The maximum absolute atomic E-state index is 13.0. The molecule has 1 aromatic heterocycles. The molecule has 0 saturated carbocycles. The third-order valence-electron chi connectivity index (χ3n) is 4.03. The number of benzene rings is 2. The van der Waals surface area contributed by atoms with Crippen LogP contribution in [0.15, 0.2) is 59.1 Å². The smallest absolute Gasteiger partial charge is 0.398 e. The molecule has 0 unspecified atom stereocenters. The first-order valence-electron chi connectivity index (χ1n) is 8.23. The standard InChI is InChI=1S/C20H16F3N3O2/c1-25-19(27)17-16(11-15(24)12-6-3-2-4-7-12)28-26-18(17)13-8-5-9-14(10-13)20(21,22)23/h2-11H,24H2,1H3,(H,25,27)/b15-11-. The molecular formula is C20H16F3N3O2. The van der Waals surface area contributed by atoms with E-state index in [-0.39, 0.29) is 22.6 Å². The Labute approximate surface area is 158 Å². The topological polar surface area (TPSA) is 81.2 Å². The number of carbonyl (C=O) groups excluding carboxylic acids is 1. The summed E-state index contributed by atoms with van der Waals surface area (Å²) in [5.41, 5.74) is 6.33. The summed E-state index contributed by atoms with van der Waals surface area (Å²) in [5.74, 6) is -0.506. The Morgan fingerprint density at radius 2 is 1.86 bits per heavy atom. The lowest BCUT2D eigenvalue weighted by Crippen LogP contribution is -2.19. The first-order valence-corrected chi connectivity index (χ1v) is 8.23. The van der Waals surface area contributed by atoms with Crippen molar-refractivity contribution in [2.24, 2.45) is 5.73 Å². The molecule has 1 amide bonds. The maximum Gasteiger partial charge on any atom is 0.416 e. The van der Waals surface area contributed by atoms with Gasteiger partial charge in [-0.05, 0) is 17.7 Å². The van der Waals surface area contributed by atoms with Gasteiger partial charge in [0, 0.05) is 24.4 Å². The van der Waals surface area contributed by atoms with Gasteiger partial charge in [-0.2, -0.15) is 13.2 Å². The number of nitrogens with zero attached hydrogens (tertiary/aromatic N) is 1. The number of nitrogens with one attached hydrogen (secondary N) is 1. The van der Waals surface area contributed by atoms with E-state index in [1.165, 1.54) is 25.3 Å². The van der Waals surface area contributed by atoms with Crippen LogP contribution in [0.4, 0.5) is 13.2 Å². The molecule has 8 heteroatoms. The van der Waals surface area contributed by atoms with E-state index in [2.05, 4.69) is 10.5 Å². The highest BCUT2D eigenvalue weighted by molar-refractivity contribution is 6.03. The second-order valence-electron chi connectivity index (χ2n) is 5.89. The second-order valence-corrected chi connectivity index (χ2v) is 5.89. The van der Waals surface area contributed by atoms with Crippen LogP contribution in [-0.2, 0) is 6.18 Å². The van der Waals surface area contributed by atoms with Gasteiger partial charge < -0.3 is 15.6 Å². The molecular weight excluding hydrogens is 371 g/mol. The van der Waals surface area contributed by atoms with Crippen molar-refractivity contribution in [1.29, 1.82) is 0 Å².